The van der Waals surface area contributed by atoms with Crippen molar-refractivity contribution in [2.75, 3.05) is 7.11 Å². The molecule has 0 aliphatic heterocycles. The van der Waals surface area contributed by atoms with Gasteiger partial charge in [-0.15, -0.1) is 0 Å². The second-order valence-corrected chi connectivity index (χ2v) is 1.76. The summed E-state index contributed by atoms with van der Waals surface area (Å²) in [5, 5.41) is 8.44. The average molecular weight is 132 g/mol. The molecule has 2 nitrogen and oxygen atoms in total. The lowest BCUT2D eigenvalue weighted by atomic mass is 10.2. The lowest BCUT2D eigenvalue weighted by Gasteiger charge is -1.95. The number of hydrogen-bond donors (Lipinski definition) is 0. The number of methoxy groups -OCH3 is 1. The van der Waals surface area contributed by atoms with Crippen LogP contribution in [-0.4, -0.2) is 7.11 Å². The predicted molar refractivity (Wildman–Crippen MR) is 36.5 cm³/mol. The molecule has 0 aliphatic rings. The first-order valence-corrected chi connectivity index (χ1v) is 2.82. The van der Waals surface area contributed by atoms with Gasteiger partial charge in [0.15, 0.2) is 0 Å². The van der Waals surface area contributed by atoms with Gasteiger partial charge < -0.3 is 4.74 Å². The van der Waals surface area contributed by atoms with Crippen molar-refractivity contribution >= 4 is 0 Å². The van der Waals surface area contributed by atoms with Crippen LogP contribution in [0.25, 0.3) is 0 Å². The first-order valence-electron chi connectivity index (χ1n) is 2.82. The minimum absolute atomic E-state index is 0.593. The van der Waals surface area contributed by atoms with Gasteiger partial charge >= 0.3 is 0 Å². The zero-order valence-electron chi connectivity index (χ0n) is 5.59. The molecule has 0 saturated carbocycles. The van der Waals surface area contributed by atoms with Gasteiger partial charge in [0.25, 0.3) is 0 Å². The van der Waals surface area contributed by atoms with E-state index in [1.807, 2.05) is 6.07 Å². The number of ether oxygens (including phenoxy) is 1. The summed E-state index contributed by atoms with van der Waals surface area (Å²) in [6.45, 7) is 0. The largest absolute Gasteiger partial charge is 0.496 e. The summed E-state index contributed by atoms with van der Waals surface area (Å²) in [4.78, 5) is 0. The Morgan fingerprint density at radius 3 is 3.10 bits per heavy atom. The van der Waals surface area contributed by atoms with Crippen LogP contribution in [-0.2, 0) is 0 Å². The molecule has 0 aromatic heterocycles. The summed E-state index contributed by atoms with van der Waals surface area (Å²) < 4.78 is 4.85. The lowest BCUT2D eigenvalue weighted by molar-refractivity contribution is 0.414. The van der Waals surface area contributed by atoms with Crippen molar-refractivity contribution in [3.8, 4) is 11.8 Å². The lowest BCUT2D eigenvalue weighted by Crippen LogP contribution is -1.82. The van der Waals surface area contributed by atoms with Crippen LogP contribution in [0.3, 0.4) is 0 Å². The molecule has 1 aromatic carbocycles. The molecule has 2 heteroatoms. The first kappa shape index (κ1) is 6.63. The van der Waals surface area contributed by atoms with Crippen LogP contribution >= 0.6 is 0 Å². The summed E-state index contributed by atoms with van der Waals surface area (Å²) in [6, 6.07) is 9.81. The van der Waals surface area contributed by atoms with E-state index in [-0.39, 0.29) is 0 Å². The highest BCUT2D eigenvalue weighted by Crippen LogP contribution is 2.09. The van der Waals surface area contributed by atoms with Gasteiger partial charge in [0, 0.05) is 6.07 Å². The van der Waals surface area contributed by atoms with E-state index in [1.165, 1.54) is 0 Å². The predicted octanol–water partition coefficient (Wildman–Crippen LogP) is 1.37. The monoisotopic (exact) mass is 132 g/mol. The van der Waals surface area contributed by atoms with Gasteiger partial charge in [0.2, 0.25) is 0 Å². The van der Waals surface area contributed by atoms with Gasteiger partial charge in [-0.3, -0.25) is 0 Å². The molecule has 1 radical (unpaired) electrons. The molecule has 0 spiro atoms. The van der Waals surface area contributed by atoms with Crippen molar-refractivity contribution in [2.45, 2.75) is 0 Å². The van der Waals surface area contributed by atoms with E-state index in [2.05, 4.69) is 6.07 Å². The third-order valence-electron chi connectivity index (χ3n) is 1.12. The van der Waals surface area contributed by atoms with Crippen molar-refractivity contribution in [1.82, 2.24) is 0 Å². The topological polar surface area (TPSA) is 33.0 Å². The first-order chi connectivity index (χ1) is 4.86. The molecule has 0 bridgehead atoms. The molecular weight excluding hydrogens is 126 g/mol. The van der Waals surface area contributed by atoms with E-state index < -0.39 is 0 Å². The second-order valence-electron chi connectivity index (χ2n) is 1.76. The van der Waals surface area contributed by atoms with Gasteiger partial charge in [-0.1, -0.05) is 0 Å². The normalized spacial score (nSPS) is 8.40. The number of benzene rings is 1. The minimum Gasteiger partial charge on any atom is -0.496 e. The Morgan fingerprint density at radius 2 is 2.50 bits per heavy atom. The van der Waals surface area contributed by atoms with E-state index in [0.717, 1.165) is 0 Å². The third-order valence-corrected chi connectivity index (χ3v) is 1.12. The minimum atomic E-state index is 0.593. The Hall–Kier alpha value is -1.49. The van der Waals surface area contributed by atoms with Crippen molar-refractivity contribution < 1.29 is 4.74 Å². The zero-order valence-corrected chi connectivity index (χ0v) is 5.59. The molecule has 0 aliphatic carbocycles. The molecular formula is C8H6NO. The Balaban J connectivity index is 3.01. The molecule has 0 heterocycles. The van der Waals surface area contributed by atoms with E-state index >= 15 is 0 Å². The fourth-order valence-electron chi connectivity index (χ4n) is 0.632. The number of rotatable bonds is 1. The maximum Gasteiger partial charge on any atom is 0.128 e. The quantitative estimate of drug-likeness (QED) is 0.578. The number of nitrogens with zero attached hydrogens (tertiary/aromatic N) is 1. The van der Waals surface area contributed by atoms with Crippen LogP contribution in [0.2, 0.25) is 0 Å². The average Bonchev–Trinajstić information content (AvgIpc) is 2.05. The van der Waals surface area contributed by atoms with Crippen LogP contribution in [0.1, 0.15) is 5.56 Å². The summed E-state index contributed by atoms with van der Waals surface area (Å²) in [7, 11) is 1.55. The van der Waals surface area contributed by atoms with Gasteiger partial charge in [-0.25, -0.2) is 0 Å². The summed E-state index contributed by atoms with van der Waals surface area (Å²) >= 11 is 0. The summed E-state index contributed by atoms with van der Waals surface area (Å²) in [6.07, 6.45) is 0. The molecule has 0 fully saturated rings. The highest BCUT2D eigenvalue weighted by atomic mass is 16.5. The van der Waals surface area contributed by atoms with E-state index in [0.29, 0.717) is 11.3 Å². The van der Waals surface area contributed by atoms with Crippen molar-refractivity contribution in [1.29, 1.82) is 5.26 Å². The van der Waals surface area contributed by atoms with E-state index in [1.54, 1.807) is 25.3 Å². The van der Waals surface area contributed by atoms with Crippen molar-refractivity contribution in [2.24, 2.45) is 0 Å². The highest BCUT2D eigenvalue weighted by Gasteiger charge is 1.91. The smallest absolute Gasteiger partial charge is 0.128 e. The second kappa shape index (κ2) is 2.88. The zero-order chi connectivity index (χ0) is 7.40. The van der Waals surface area contributed by atoms with Crippen molar-refractivity contribution in [3.05, 3.63) is 29.8 Å². The Morgan fingerprint density at radius 1 is 1.70 bits per heavy atom. The SMILES string of the molecule is COc1[c]ccc(C#N)c1. The maximum atomic E-state index is 8.44. The molecule has 49 valence electrons. The van der Waals surface area contributed by atoms with Gasteiger partial charge in [-0.05, 0) is 18.2 Å². The van der Waals surface area contributed by atoms with Crippen LogP contribution in [0.4, 0.5) is 0 Å². The summed E-state index contributed by atoms with van der Waals surface area (Å²) in [5.74, 6) is 0.596. The molecule has 1 rings (SSSR count). The fourth-order valence-corrected chi connectivity index (χ4v) is 0.632. The van der Waals surface area contributed by atoms with E-state index in [9.17, 15) is 0 Å². The van der Waals surface area contributed by atoms with Gasteiger partial charge in [-0.2, -0.15) is 5.26 Å². The highest BCUT2D eigenvalue weighted by molar-refractivity contribution is 5.35. The van der Waals surface area contributed by atoms with Gasteiger partial charge in [0.05, 0.1) is 18.7 Å². The Bertz CT molecular complexity index is 262. The third kappa shape index (κ3) is 1.26. The number of nitriles is 1. The van der Waals surface area contributed by atoms with Crippen LogP contribution in [0.5, 0.6) is 5.75 Å². The molecule has 1 aromatic rings. The standard InChI is InChI=1S/C8H6NO/c1-10-8-4-2-3-7(5-8)6-9/h2-3,5H,1H3. The maximum absolute atomic E-state index is 8.44. The summed E-state index contributed by atoms with van der Waals surface area (Å²) in [5.41, 5.74) is 0.593. The van der Waals surface area contributed by atoms with Crippen LogP contribution < -0.4 is 4.74 Å². The fraction of sp³-hybridized carbons (Fsp3) is 0.125. The molecule has 10 heavy (non-hydrogen) atoms. The van der Waals surface area contributed by atoms with Crippen molar-refractivity contribution in [3.63, 3.8) is 0 Å². The van der Waals surface area contributed by atoms with Gasteiger partial charge in [0.1, 0.15) is 5.75 Å². The van der Waals surface area contributed by atoms with Crippen LogP contribution in [0, 0.1) is 17.4 Å². The molecule has 0 atom stereocenters. The number of hydrogen-bond acceptors (Lipinski definition) is 2. The van der Waals surface area contributed by atoms with E-state index in [4.69, 9.17) is 10.00 Å². The molecule has 0 unspecified atom stereocenters. The molecule has 0 saturated heterocycles. The molecule has 0 amide bonds. The Kier molecular flexibility index (Phi) is 1.91. The van der Waals surface area contributed by atoms with Crippen LogP contribution in [0.15, 0.2) is 18.2 Å². The Labute approximate surface area is 59.7 Å². The molecule has 0 N–H and O–H groups in total.